The topological polar surface area (TPSA) is 15.3 Å². The second-order valence-electron chi connectivity index (χ2n) is 5.15. The minimum absolute atomic E-state index is 1.06. The summed E-state index contributed by atoms with van der Waals surface area (Å²) < 4.78 is 0. The molecule has 2 rings (SSSR count). The Morgan fingerprint density at radius 1 is 1.12 bits per heavy atom. The molecule has 1 aromatic rings. The van der Waals surface area contributed by atoms with Crippen molar-refractivity contribution in [2.24, 2.45) is 0 Å². The van der Waals surface area contributed by atoms with Crippen molar-refractivity contribution in [2.75, 3.05) is 26.3 Å². The van der Waals surface area contributed by atoms with Crippen LogP contribution in [0.25, 0.3) is 0 Å². The van der Waals surface area contributed by atoms with Gasteiger partial charge in [0.1, 0.15) is 0 Å². The first-order valence-corrected chi connectivity index (χ1v) is 6.75. The van der Waals surface area contributed by atoms with Crippen LogP contribution < -0.4 is 5.32 Å². The maximum Gasteiger partial charge on any atom is 0.0480 e. The normalized spacial score (nSPS) is 16.6. The van der Waals surface area contributed by atoms with Crippen LogP contribution in [0.4, 0.5) is 0 Å². The van der Waals surface area contributed by atoms with E-state index in [1.54, 1.807) is 0 Å². The molecule has 1 saturated heterocycles. The van der Waals surface area contributed by atoms with E-state index in [0.29, 0.717) is 0 Å². The highest BCUT2D eigenvalue weighted by Crippen LogP contribution is 2.10. The summed E-state index contributed by atoms with van der Waals surface area (Å²) in [5, 5.41) is 3.54. The molecule has 94 valence electrons. The number of hydrogen-bond acceptors (Lipinski definition) is 2. The van der Waals surface area contributed by atoms with Gasteiger partial charge < -0.3 is 5.32 Å². The number of likely N-dealkylation sites (tertiary alicyclic amines) is 1. The van der Waals surface area contributed by atoms with Gasteiger partial charge in [-0.25, -0.2) is 0 Å². The standard InChI is InChI=1S/C15H24N2/c1-13-5-6-15(11-14(13)2)7-8-16-12-17-9-3-4-10-17/h5-6,11,16H,3-4,7-10,12H2,1-2H3. The first kappa shape index (κ1) is 12.6. The van der Waals surface area contributed by atoms with E-state index < -0.39 is 0 Å². The van der Waals surface area contributed by atoms with Crippen molar-refractivity contribution < 1.29 is 0 Å². The lowest BCUT2D eigenvalue weighted by molar-refractivity contribution is 0.311. The lowest BCUT2D eigenvalue weighted by atomic mass is 10.0. The monoisotopic (exact) mass is 232 g/mol. The third-order valence-electron chi connectivity index (χ3n) is 3.70. The van der Waals surface area contributed by atoms with E-state index in [9.17, 15) is 0 Å². The summed E-state index contributed by atoms with van der Waals surface area (Å²) in [5.74, 6) is 0. The molecule has 0 saturated carbocycles. The maximum absolute atomic E-state index is 3.54. The van der Waals surface area contributed by atoms with Crippen LogP contribution in [0.15, 0.2) is 18.2 Å². The van der Waals surface area contributed by atoms with Crippen molar-refractivity contribution in [3.8, 4) is 0 Å². The molecule has 0 amide bonds. The van der Waals surface area contributed by atoms with Crippen LogP contribution in [-0.2, 0) is 6.42 Å². The number of benzene rings is 1. The van der Waals surface area contributed by atoms with Crippen molar-refractivity contribution in [2.45, 2.75) is 33.1 Å². The predicted molar refractivity (Wildman–Crippen MR) is 73.3 cm³/mol. The molecule has 0 aromatic heterocycles. The first-order chi connectivity index (χ1) is 8.25. The van der Waals surface area contributed by atoms with E-state index in [2.05, 4.69) is 42.3 Å². The minimum atomic E-state index is 1.06. The molecule has 17 heavy (non-hydrogen) atoms. The van der Waals surface area contributed by atoms with Crippen LogP contribution in [-0.4, -0.2) is 31.2 Å². The fourth-order valence-electron chi connectivity index (χ4n) is 2.37. The largest absolute Gasteiger partial charge is 0.304 e. The second kappa shape index (κ2) is 6.18. The van der Waals surface area contributed by atoms with Crippen LogP contribution >= 0.6 is 0 Å². The Kier molecular flexibility index (Phi) is 4.57. The first-order valence-electron chi connectivity index (χ1n) is 6.75. The summed E-state index contributed by atoms with van der Waals surface area (Å²) in [6.45, 7) is 9.05. The molecular formula is C15H24N2. The average molecular weight is 232 g/mol. The quantitative estimate of drug-likeness (QED) is 0.785. The molecule has 0 radical (unpaired) electrons. The molecule has 1 aliphatic heterocycles. The molecule has 1 heterocycles. The van der Waals surface area contributed by atoms with Crippen molar-refractivity contribution in [3.63, 3.8) is 0 Å². The highest BCUT2D eigenvalue weighted by atomic mass is 15.2. The van der Waals surface area contributed by atoms with Gasteiger partial charge in [0.2, 0.25) is 0 Å². The molecule has 1 N–H and O–H groups in total. The Morgan fingerprint density at radius 3 is 2.59 bits per heavy atom. The summed E-state index contributed by atoms with van der Waals surface area (Å²) in [6.07, 6.45) is 3.88. The van der Waals surface area contributed by atoms with Crippen molar-refractivity contribution >= 4 is 0 Å². The van der Waals surface area contributed by atoms with Gasteiger partial charge in [-0.05, 0) is 62.9 Å². The molecular weight excluding hydrogens is 208 g/mol. The second-order valence-corrected chi connectivity index (χ2v) is 5.15. The van der Waals surface area contributed by atoms with Crippen LogP contribution in [0.2, 0.25) is 0 Å². The average Bonchev–Trinajstić information content (AvgIpc) is 2.82. The van der Waals surface area contributed by atoms with Gasteiger partial charge in [-0.15, -0.1) is 0 Å². The summed E-state index contributed by atoms with van der Waals surface area (Å²) in [7, 11) is 0. The summed E-state index contributed by atoms with van der Waals surface area (Å²) in [6, 6.07) is 6.79. The lowest BCUT2D eigenvalue weighted by Crippen LogP contribution is -2.33. The fraction of sp³-hybridized carbons (Fsp3) is 0.600. The highest BCUT2D eigenvalue weighted by Gasteiger charge is 2.09. The molecule has 0 unspecified atom stereocenters. The van der Waals surface area contributed by atoms with Gasteiger partial charge >= 0.3 is 0 Å². The minimum Gasteiger partial charge on any atom is -0.304 e. The molecule has 2 nitrogen and oxygen atoms in total. The molecule has 0 aliphatic carbocycles. The van der Waals surface area contributed by atoms with Gasteiger partial charge in [0.05, 0.1) is 0 Å². The Balaban J connectivity index is 1.68. The molecule has 2 heteroatoms. The molecule has 0 spiro atoms. The van der Waals surface area contributed by atoms with Crippen LogP contribution in [0, 0.1) is 13.8 Å². The maximum atomic E-state index is 3.54. The highest BCUT2D eigenvalue weighted by molar-refractivity contribution is 5.29. The van der Waals surface area contributed by atoms with E-state index in [-0.39, 0.29) is 0 Å². The molecule has 1 aliphatic rings. The zero-order valence-corrected chi connectivity index (χ0v) is 11.1. The summed E-state index contributed by atoms with van der Waals surface area (Å²) in [4.78, 5) is 2.50. The van der Waals surface area contributed by atoms with E-state index in [1.165, 1.54) is 42.6 Å². The Bertz CT molecular complexity index is 354. The molecule has 1 aromatic carbocycles. The van der Waals surface area contributed by atoms with Crippen molar-refractivity contribution in [3.05, 3.63) is 34.9 Å². The molecule has 0 atom stereocenters. The number of nitrogens with one attached hydrogen (secondary N) is 1. The zero-order valence-electron chi connectivity index (χ0n) is 11.1. The fourth-order valence-corrected chi connectivity index (χ4v) is 2.37. The Hall–Kier alpha value is -0.860. The smallest absolute Gasteiger partial charge is 0.0480 e. The van der Waals surface area contributed by atoms with Gasteiger partial charge in [-0.1, -0.05) is 18.2 Å². The Morgan fingerprint density at radius 2 is 1.88 bits per heavy atom. The molecule has 0 bridgehead atoms. The van der Waals surface area contributed by atoms with Gasteiger partial charge in [0, 0.05) is 13.2 Å². The van der Waals surface area contributed by atoms with Gasteiger partial charge in [-0.3, -0.25) is 4.90 Å². The van der Waals surface area contributed by atoms with Crippen LogP contribution in [0.1, 0.15) is 29.5 Å². The molecule has 1 fully saturated rings. The van der Waals surface area contributed by atoms with E-state index >= 15 is 0 Å². The van der Waals surface area contributed by atoms with E-state index in [0.717, 1.165) is 19.6 Å². The van der Waals surface area contributed by atoms with Gasteiger partial charge in [0.15, 0.2) is 0 Å². The Labute approximate surface area is 105 Å². The summed E-state index contributed by atoms with van der Waals surface area (Å²) >= 11 is 0. The number of rotatable bonds is 5. The third-order valence-corrected chi connectivity index (χ3v) is 3.70. The predicted octanol–water partition coefficient (Wildman–Crippen LogP) is 2.49. The lowest BCUT2D eigenvalue weighted by Gasteiger charge is -2.15. The van der Waals surface area contributed by atoms with Gasteiger partial charge in [0.25, 0.3) is 0 Å². The van der Waals surface area contributed by atoms with Crippen LogP contribution in [0.5, 0.6) is 0 Å². The van der Waals surface area contributed by atoms with E-state index in [4.69, 9.17) is 0 Å². The van der Waals surface area contributed by atoms with Crippen molar-refractivity contribution in [1.82, 2.24) is 10.2 Å². The van der Waals surface area contributed by atoms with Crippen LogP contribution in [0.3, 0.4) is 0 Å². The number of hydrogen-bond donors (Lipinski definition) is 1. The van der Waals surface area contributed by atoms with Gasteiger partial charge in [-0.2, -0.15) is 0 Å². The van der Waals surface area contributed by atoms with E-state index in [1.807, 2.05) is 0 Å². The number of nitrogens with zero attached hydrogens (tertiary/aromatic N) is 1. The zero-order chi connectivity index (χ0) is 12.1. The van der Waals surface area contributed by atoms with Crippen molar-refractivity contribution in [1.29, 1.82) is 0 Å². The summed E-state index contributed by atoms with van der Waals surface area (Å²) in [5.41, 5.74) is 4.24. The number of aryl methyl sites for hydroxylation is 2. The SMILES string of the molecule is Cc1ccc(CCNCN2CCCC2)cc1C. The third kappa shape index (κ3) is 3.83.